The minimum absolute atomic E-state index is 0.432. The Morgan fingerprint density at radius 3 is 2.24 bits per heavy atom. The van der Waals surface area contributed by atoms with Crippen LogP contribution in [0.2, 0.25) is 0 Å². The summed E-state index contributed by atoms with van der Waals surface area (Å²) in [5.74, 6) is -4.94. The molecule has 0 aromatic heterocycles. The Morgan fingerprint density at radius 2 is 1.67 bits per heavy atom. The second-order valence-electron chi connectivity index (χ2n) is 4.44. The summed E-state index contributed by atoms with van der Waals surface area (Å²) in [6.45, 7) is 1.82. The second kappa shape index (κ2) is 5.70. The third-order valence-electron chi connectivity index (χ3n) is 2.81. The number of amides is 1. The maximum absolute atomic E-state index is 13.2. The lowest BCUT2D eigenvalue weighted by atomic mass is 10.1. The molecule has 108 valence electrons. The highest BCUT2D eigenvalue weighted by molar-refractivity contribution is 6.10. The van der Waals surface area contributed by atoms with Crippen LogP contribution < -0.4 is 5.32 Å². The van der Waals surface area contributed by atoms with Gasteiger partial charge in [0.2, 0.25) is 0 Å². The van der Waals surface area contributed by atoms with Crippen LogP contribution >= 0.6 is 0 Å². The summed E-state index contributed by atoms with van der Waals surface area (Å²) in [6.07, 6.45) is 0. The van der Waals surface area contributed by atoms with Gasteiger partial charge in [-0.1, -0.05) is 12.1 Å². The number of hydrogen-bond acceptors (Lipinski definition) is 2. The molecular weight excluding hydrogens is 280 g/mol. The molecule has 2 rings (SSSR count). The number of carbonyl (C=O) groups is 2. The quantitative estimate of drug-likeness (QED) is 0.912. The fourth-order valence-corrected chi connectivity index (χ4v) is 1.83. The number of carboxylic acids is 1. The molecule has 0 atom stereocenters. The third kappa shape index (κ3) is 3.22. The summed E-state index contributed by atoms with van der Waals surface area (Å²) < 4.78 is 26.3. The van der Waals surface area contributed by atoms with Gasteiger partial charge >= 0.3 is 5.97 Å². The Labute approximate surface area is 119 Å². The van der Waals surface area contributed by atoms with Gasteiger partial charge in [-0.3, -0.25) is 4.79 Å². The average Bonchev–Trinajstić information content (AvgIpc) is 2.41. The van der Waals surface area contributed by atoms with Crippen LogP contribution in [0.1, 0.15) is 26.3 Å². The topological polar surface area (TPSA) is 66.4 Å². The number of carboxylic acid groups (broad SMARTS) is 1. The Morgan fingerprint density at radius 1 is 1.05 bits per heavy atom. The molecule has 0 saturated carbocycles. The maximum Gasteiger partial charge on any atom is 0.336 e. The van der Waals surface area contributed by atoms with Gasteiger partial charge in [-0.25, -0.2) is 13.6 Å². The fraction of sp³-hybridized carbons (Fsp3) is 0.0667. The number of aryl methyl sites for hydroxylation is 1. The van der Waals surface area contributed by atoms with Crippen molar-refractivity contribution in [3.8, 4) is 0 Å². The highest BCUT2D eigenvalue weighted by atomic mass is 19.2. The van der Waals surface area contributed by atoms with E-state index in [1.807, 2.05) is 13.0 Å². The van der Waals surface area contributed by atoms with E-state index in [0.29, 0.717) is 17.8 Å². The molecular formula is C15H11F2NO3. The third-order valence-corrected chi connectivity index (χ3v) is 2.81. The van der Waals surface area contributed by atoms with Crippen molar-refractivity contribution in [2.45, 2.75) is 6.92 Å². The Hall–Kier alpha value is -2.76. The lowest BCUT2D eigenvalue weighted by Crippen LogP contribution is -2.17. The smallest absolute Gasteiger partial charge is 0.336 e. The molecule has 0 bridgehead atoms. The van der Waals surface area contributed by atoms with E-state index in [9.17, 15) is 18.4 Å². The van der Waals surface area contributed by atoms with Crippen molar-refractivity contribution in [1.82, 2.24) is 0 Å². The molecule has 0 aliphatic heterocycles. The highest BCUT2D eigenvalue weighted by Crippen LogP contribution is 2.18. The van der Waals surface area contributed by atoms with Gasteiger partial charge in [-0.2, -0.15) is 0 Å². The maximum atomic E-state index is 13.2. The molecule has 0 aliphatic rings. The van der Waals surface area contributed by atoms with Crippen LogP contribution in [0.3, 0.4) is 0 Å². The van der Waals surface area contributed by atoms with Gasteiger partial charge in [0, 0.05) is 5.69 Å². The Kier molecular flexibility index (Phi) is 3.98. The number of nitrogens with one attached hydrogen (secondary N) is 1. The van der Waals surface area contributed by atoms with Gasteiger partial charge in [-0.05, 0) is 36.8 Å². The van der Waals surface area contributed by atoms with E-state index in [4.69, 9.17) is 5.11 Å². The van der Waals surface area contributed by atoms with Gasteiger partial charge in [0.05, 0.1) is 11.1 Å². The number of rotatable bonds is 3. The van der Waals surface area contributed by atoms with Crippen LogP contribution in [0.25, 0.3) is 0 Å². The second-order valence-corrected chi connectivity index (χ2v) is 4.44. The van der Waals surface area contributed by atoms with E-state index in [0.717, 1.165) is 5.56 Å². The molecule has 0 radical (unpaired) electrons. The molecule has 1 amide bonds. The monoisotopic (exact) mass is 291 g/mol. The van der Waals surface area contributed by atoms with Crippen molar-refractivity contribution < 1.29 is 23.5 Å². The van der Waals surface area contributed by atoms with Crippen molar-refractivity contribution in [2.75, 3.05) is 5.32 Å². The zero-order valence-corrected chi connectivity index (χ0v) is 11.0. The zero-order chi connectivity index (χ0) is 15.6. The van der Waals surface area contributed by atoms with Gasteiger partial charge in [-0.15, -0.1) is 0 Å². The first-order chi connectivity index (χ1) is 9.88. The van der Waals surface area contributed by atoms with Crippen molar-refractivity contribution >= 4 is 17.6 Å². The summed E-state index contributed by atoms with van der Waals surface area (Å²) in [4.78, 5) is 23.1. The number of halogens is 2. The Bertz CT molecular complexity index is 729. The molecule has 2 aromatic rings. The molecule has 0 aliphatic carbocycles. The average molecular weight is 291 g/mol. The summed E-state index contributed by atoms with van der Waals surface area (Å²) in [6, 6.07) is 7.85. The van der Waals surface area contributed by atoms with Crippen molar-refractivity contribution in [2.24, 2.45) is 0 Å². The number of hydrogen-bond donors (Lipinski definition) is 2. The van der Waals surface area contributed by atoms with Crippen molar-refractivity contribution in [3.63, 3.8) is 0 Å². The van der Waals surface area contributed by atoms with Gasteiger partial charge in [0.15, 0.2) is 11.6 Å². The molecule has 2 aromatic carbocycles. The van der Waals surface area contributed by atoms with Crippen LogP contribution in [0.5, 0.6) is 0 Å². The summed E-state index contributed by atoms with van der Waals surface area (Å²) >= 11 is 0. The lowest BCUT2D eigenvalue weighted by Gasteiger charge is -2.09. The summed E-state index contributed by atoms with van der Waals surface area (Å²) in [7, 11) is 0. The van der Waals surface area contributed by atoms with Crippen molar-refractivity contribution in [1.29, 1.82) is 0 Å². The van der Waals surface area contributed by atoms with Crippen LogP contribution in [-0.4, -0.2) is 17.0 Å². The molecule has 4 nitrogen and oxygen atoms in total. The molecule has 6 heteroatoms. The number of benzene rings is 2. The number of carbonyl (C=O) groups excluding carboxylic acids is 1. The minimum atomic E-state index is -1.51. The van der Waals surface area contributed by atoms with E-state index in [2.05, 4.69) is 5.32 Å². The lowest BCUT2D eigenvalue weighted by molar-refractivity contribution is 0.0691. The zero-order valence-electron chi connectivity index (χ0n) is 11.0. The molecule has 0 saturated heterocycles. The number of aromatic carboxylic acids is 1. The molecule has 0 spiro atoms. The summed E-state index contributed by atoms with van der Waals surface area (Å²) in [5.41, 5.74) is 0.277. The first-order valence-corrected chi connectivity index (χ1v) is 5.99. The van der Waals surface area contributed by atoms with Crippen LogP contribution in [-0.2, 0) is 0 Å². The first-order valence-electron chi connectivity index (χ1n) is 5.99. The van der Waals surface area contributed by atoms with E-state index in [-0.39, 0.29) is 0 Å². The normalized spacial score (nSPS) is 10.2. The fourth-order valence-electron chi connectivity index (χ4n) is 1.83. The van der Waals surface area contributed by atoms with E-state index >= 15 is 0 Å². The van der Waals surface area contributed by atoms with Crippen molar-refractivity contribution in [3.05, 3.63) is 64.7 Å². The molecule has 0 heterocycles. The van der Waals surface area contributed by atoms with E-state index < -0.39 is 34.6 Å². The molecule has 2 N–H and O–H groups in total. The predicted molar refractivity (Wildman–Crippen MR) is 72.4 cm³/mol. The van der Waals surface area contributed by atoms with E-state index in [1.54, 1.807) is 18.2 Å². The SMILES string of the molecule is Cc1cccc(NC(=O)c2cc(F)c(F)cc2C(=O)O)c1. The van der Waals surface area contributed by atoms with Crippen LogP contribution in [0.4, 0.5) is 14.5 Å². The Balaban J connectivity index is 2.39. The number of anilines is 1. The molecule has 0 unspecified atom stereocenters. The standard InChI is InChI=1S/C15H11F2NO3/c1-8-3-2-4-9(5-8)18-14(19)10-6-12(16)13(17)7-11(10)15(20)21/h2-7H,1H3,(H,18,19)(H,20,21). The van der Waals surface area contributed by atoms with Gasteiger partial charge in [0.25, 0.3) is 5.91 Å². The highest BCUT2D eigenvalue weighted by Gasteiger charge is 2.20. The largest absolute Gasteiger partial charge is 0.478 e. The molecule has 21 heavy (non-hydrogen) atoms. The van der Waals surface area contributed by atoms with Crippen LogP contribution in [0.15, 0.2) is 36.4 Å². The molecule has 0 fully saturated rings. The minimum Gasteiger partial charge on any atom is -0.478 e. The van der Waals surface area contributed by atoms with Gasteiger partial charge < -0.3 is 10.4 Å². The van der Waals surface area contributed by atoms with Crippen LogP contribution in [0, 0.1) is 18.6 Å². The predicted octanol–water partition coefficient (Wildman–Crippen LogP) is 3.22. The van der Waals surface area contributed by atoms with E-state index in [1.165, 1.54) is 0 Å². The summed E-state index contributed by atoms with van der Waals surface area (Å²) in [5, 5.41) is 11.4. The van der Waals surface area contributed by atoms with Gasteiger partial charge in [0.1, 0.15) is 0 Å². The first kappa shape index (κ1) is 14.6.